The molecule has 70 heavy (non-hydrogen) atoms. The average Bonchev–Trinajstić information content (AvgIpc) is 3.77. The molecule has 2 aromatic rings. The third-order valence-corrected chi connectivity index (χ3v) is 14.7. The van der Waals surface area contributed by atoms with E-state index >= 15 is 0 Å². The van der Waals surface area contributed by atoms with Gasteiger partial charge in [-0.25, -0.2) is 4.79 Å². The SMILES string of the molecule is CC(C)=CCC/C(C)=C/CC[C@@]1(C)Oc2c(c(O)cc3c2CN([C@@H](CCCN2Cc4c(cc(OC(=O)N5CC(O)C5)c5c4O[C@](C)(CC/C=C(\C)CCC=C(C)C)[C@@H](O)C5)C2=O)OC=O)C3=O)C[C@@H]1O. The zero-order valence-corrected chi connectivity index (χ0v) is 42.3. The number of nitrogens with zero attached hydrogens (tertiary/aromatic N) is 3. The van der Waals surface area contributed by atoms with Crippen molar-refractivity contribution in [2.45, 2.75) is 181 Å². The number of phenolic OH excluding ortho intramolecular Hbond substituents is 1. The minimum absolute atomic E-state index is 0.0379. The fraction of sp³-hybridized carbons (Fsp3) is 0.564. The van der Waals surface area contributed by atoms with Gasteiger partial charge < -0.3 is 49.2 Å². The Bertz CT molecular complexity index is 2460. The number of aliphatic hydroxyl groups is 3. The molecule has 1 fully saturated rings. The molecule has 5 atom stereocenters. The summed E-state index contributed by atoms with van der Waals surface area (Å²) in [6, 6.07) is 2.93. The maximum absolute atomic E-state index is 14.2. The highest BCUT2D eigenvalue weighted by Gasteiger charge is 2.47. The van der Waals surface area contributed by atoms with Gasteiger partial charge in [0.2, 0.25) is 0 Å². The molecule has 15 nitrogen and oxygen atoms in total. The molecule has 2 aromatic carbocycles. The lowest BCUT2D eigenvalue weighted by Gasteiger charge is -2.41. The summed E-state index contributed by atoms with van der Waals surface area (Å²) in [5.41, 5.74) is 5.62. The fourth-order valence-corrected chi connectivity index (χ4v) is 10.1. The monoisotopic (exact) mass is 968 g/mol. The molecule has 5 aliphatic heterocycles. The lowest BCUT2D eigenvalue weighted by Crippen LogP contribution is -2.54. The molecule has 1 saturated heterocycles. The summed E-state index contributed by atoms with van der Waals surface area (Å²) in [4.78, 5) is 57.9. The number of aromatic hydroxyl groups is 1. The van der Waals surface area contributed by atoms with Crippen LogP contribution in [0, 0.1) is 0 Å². The van der Waals surface area contributed by atoms with Gasteiger partial charge in [0.25, 0.3) is 18.3 Å². The van der Waals surface area contributed by atoms with E-state index in [1.54, 1.807) is 4.90 Å². The maximum Gasteiger partial charge on any atom is 0.415 e. The van der Waals surface area contributed by atoms with Gasteiger partial charge in [0, 0.05) is 48.1 Å². The van der Waals surface area contributed by atoms with E-state index in [0.29, 0.717) is 77.9 Å². The van der Waals surface area contributed by atoms with Crippen molar-refractivity contribution in [2.75, 3.05) is 19.6 Å². The normalized spacial score (nSPS) is 23.3. The first-order valence-corrected chi connectivity index (χ1v) is 24.9. The first kappa shape index (κ1) is 52.2. The summed E-state index contributed by atoms with van der Waals surface area (Å²) in [5, 5.41) is 43.9. The Kier molecular flexibility index (Phi) is 16.2. The van der Waals surface area contributed by atoms with E-state index in [2.05, 4.69) is 65.8 Å². The van der Waals surface area contributed by atoms with Crippen LogP contribution in [0.5, 0.6) is 23.0 Å². The van der Waals surface area contributed by atoms with Crippen LogP contribution in [0.1, 0.15) is 163 Å². The first-order chi connectivity index (χ1) is 33.2. The van der Waals surface area contributed by atoms with Gasteiger partial charge in [0.1, 0.15) is 34.2 Å². The standard InChI is InChI=1S/C55H73N3O12/c1-33(2)14-9-16-35(5)18-11-21-54(7)46(62)26-40-44(61)24-38-43(49(40)69-54)31-58(52(38)65)48(67-32-59)20-13-23-56-30-42-39(51(56)64)25-45(68-53(66)57-28-37(60)29-57)41-27-47(63)55(8,70-50(41)42)22-12-19-36(6)17-10-15-34(3)4/h14-15,18-19,24-25,32,37,46-48,60-63H,9-13,16-17,20-23,26-31H2,1-8H3/b35-18+,36-19+/t46-,47-,48+,54+,55+/m0/s1. The van der Waals surface area contributed by atoms with Crippen LogP contribution in [0.15, 0.2) is 58.7 Å². The van der Waals surface area contributed by atoms with Gasteiger partial charge in [-0.2, -0.15) is 0 Å². The summed E-state index contributed by atoms with van der Waals surface area (Å²) in [7, 11) is 0. The molecular formula is C55H73N3O12. The first-order valence-electron chi connectivity index (χ1n) is 24.9. The van der Waals surface area contributed by atoms with Crippen molar-refractivity contribution in [1.82, 2.24) is 14.7 Å². The average molecular weight is 968 g/mol. The van der Waals surface area contributed by atoms with E-state index in [1.165, 1.54) is 44.2 Å². The van der Waals surface area contributed by atoms with Gasteiger partial charge in [-0.3, -0.25) is 19.3 Å². The Morgan fingerprint density at radius 3 is 1.86 bits per heavy atom. The summed E-state index contributed by atoms with van der Waals surface area (Å²) < 4.78 is 24.7. The highest BCUT2D eigenvalue weighted by atomic mass is 16.6. The number of hydrogen-bond acceptors (Lipinski definition) is 12. The van der Waals surface area contributed by atoms with Gasteiger partial charge >= 0.3 is 6.09 Å². The van der Waals surface area contributed by atoms with E-state index in [0.717, 1.165) is 25.7 Å². The molecule has 0 aromatic heterocycles. The van der Waals surface area contributed by atoms with Crippen LogP contribution in [-0.2, 0) is 35.5 Å². The highest BCUT2D eigenvalue weighted by molar-refractivity contribution is 6.01. The number of benzene rings is 2. The Balaban J connectivity index is 1.05. The Morgan fingerprint density at radius 2 is 1.30 bits per heavy atom. The Hall–Kier alpha value is -5.64. The van der Waals surface area contributed by atoms with Crippen LogP contribution >= 0.6 is 0 Å². The van der Waals surface area contributed by atoms with Crippen molar-refractivity contribution in [3.05, 3.63) is 92.1 Å². The number of phenols is 1. The number of β-amino-alcohol motifs (C(OH)–C–C–N with tert-alkyl or cyclic N) is 1. The number of allylic oxidation sites excluding steroid dienone is 8. The molecule has 0 unspecified atom stereocenters. The summed E-state index contributed by atoms with van der Waals surface area (Å²) in [6.45, 7) is 17.2. The molecule has 0 saturated carbocycles. The number of carbonyl (C=O) groups is 4. The van der Waals surface area contributed by atoms with E-state index < -0.39 is 47.7 Å². The van der Waals surface area contributed by atoms with Crippen LogP contribution < -0.4 is 14.2 Å². The smallest absolute Gasteiger partial charge is 0.415 e. The maximum atomic E-state index is 14.2. The topological polar surface area (TPSA) is 196 Å². The summed E-state index contributed by atoms with van der Waals surface area (Å²) in [6.07, 6.45) is 11.4. The molecule has 7 rings (SSSR count). The second kappa shape index (κ2) is 21.8. The van der Waals surface area contributed by atoms with E-state index in [4.69, 9.17) is 18.9 Å². The largest absolute Gasteiger partial charge is 0.508 e. The fourth-order valence-electron chi connectivity index (χ4n) is 10.1. The predicted molar refractivity (Wildman–Crippen MR) is 264 cm³/mol. The molecule has 5 aliphatic rings. The number of fused-ring (bicyclic) bond motifs is 6. The number of aliphatic hydroxyl groups excluding tert-OH is 3. The van der Waals surface area contributed by atoms with Gasteiger partial charge in [-0.05, 0) is 125 Å². The van der Waals surface area contributed by atoms with Crippen molar-refractivity contribution in [3.63, 3.8) is 0 Å². The van der Waals surface area contributed by atoms with Crippen LogP contribution in [-0.4, -0.2) is 115 Å². The molecule has 4 N–H and O–H groups in total. The third-order valence-electron chi connectivity index (χ3n) is 14.7. The van der Waals surface area contributed by atoms with Crippen molar-refractivity contribution < 1.29 is 58.6 Å². The number of ether oxygens (including phenoxy) is 4. The highest BCUT2D eigenvalue weighted by Crippen LogP contribution is 2.49. The second-order valence-electron chi connectivity index (χ2n) is 20.9. The predicted octanol–water partition coefficient (Wildman–Crippen LogP) is 8.51. The quantitative estimate of drug-likeness (QED) is 0.0731. The number of likely N-dealkylation sites (tertiary alicyclic amines) is 1. The van der Waals surface area contributed by atoms with E-state index in [-0.39, 0.29) is 75.0 Å². The molecule has 3 amide bonds. The van der Waals surface area contributed by atoms with Crippen molar-refractivity contribution in [2.24, 2.45) is 0 Å². The molecule has 15 heteroatoms. The van der Waals surface area contributed by atoms with Crippen LogP contribution in [0.2, 0.25) is 0 Å². The van der Waals surface area contributed by atoms with Crippen molar-refractivity contribution in [1.29, 1.82) is 0 Å². The van der Waals surface area contributed by atoms with Crippen molar-refractivity contribution in [3.8, 4) is 23.0 Å². The molecular weight excluding hydrogens is 895 g/mol. The second-order valence-corrected chi connectivity index (χ2v) is 20.9. The van der Waals surface area contributed by atoms with Crippen LogP contribution in [0.3, 0.4) is 0 Å². The van der Waals surface area contributed by atoms with Gasteiger partial charge in [0.05, 0.1) is 55.6 Å². The molecule has 0 aliphatic carbocycles. The molecule has 380 valence electrons. The molecule has 0 bridgehead atoms. The third kappa shape index (κ3) is 11.4. The number of rotatable bonds is 20. The number of carbonyl (C=O) groups excluding carboxylic acids is 4. The van der Waals surface area contributed by atoms with E-state index in [9.17, 15) is 39.6 Å². The lowest BCUT2D eigenvalue weighted by molar-refractivity contribution is -0.141. The minimum atomic E-state index is -1.02. The zero-order chi connectivity index (χ0) is 50.7. The van der Waals surface area contributed by atoms with Gasteiger partial charge in [0.15, 0.2) is 6.23 Å². The number of hydrogen-bond donors (Lipinski definition) is 4. The minimum Gasteiger partial charge on any atom is -0.508 e. The van der Waals surface area contributed by atoms with Gasteiger partial charge in [-0.15, -0.1) is 0 Å². The summed E-state index contributed by atoms with van der Waals surface area (Å²) >= 11 is 0. The zero-order valence-electron chi connectivity index (χ0n) is 42.3. The molecule has 0 spiro atoms. The molecule has 5 heterocycles. The van der Waals surface area contributed by atoms with Crippen molar-refractivity contribution >= 4 is 24.4 Å². The Labute approximate surface area is 412 Å². The summed E-state index contributed by atoms with van der Waals surface area (Å²) in [5.74, 6) is -0.0554. The van der Waals surface area contributed by atoms with Crippen LogP contribution in [0.25, 0.3) is 0 Å². The van der Waals surface area contributed by atoms with Crippen LogP contribution in [0.4, 0.5) is 4.79 Å². The lowest BCUT2D eigenvalue weighted by atomic mass is 9.84. The van der Waals surface area contributed by atoms with E-state index in [1.807, 2.05) is 13.8 Å². The number of amides is 3. The molecule has 0 radical (unpaired) electrons. The Morgan fingerprint density at radius 1 is 0.757 bits per heavy atom. The van der Waals surface area contributed by atoms with Gasteiger partial charge in [-0.1, -0.05) is 46.6 Å².